The van der Waals surface area contributed by atoms with Crippen LogP contribution in [0.1, 0.15) is 29.5 Å². The summed E-state index contributed by atoms with van der Waals surface area (Å²) < 4.78 is 39.9. The molecule has 0 aliphatic heterocycles. The Hall–Kier alpha value is -1.69. The quantitative estimate of drug-likeness (QED) is 0.445. The van der Waals surface area contributed by atoms with Gasteiger partial charge in [0.05, 0.1) is 10.6 Å². The van der Waals surface area contributed by atoms with Gasteiger partial charge in [0.25, 0.3) is 0 Å². The second-order valence-electron chi connectivity index (χ2n) is 6.56. The summed E-state index contributed by atoms with van der Waals surface area (Å²) >= 11 is 12.0. The molecule has 27 heavy (non-hydrogen) atoms. The zero-order chi connectivity index (χ0) is 19.8. The van der Waals surface area contributed by atoms with E-state index >= 15 is 0 Å². The van der Waals surface area contributed by atoms with E-state index in [9.17, 15) is 13.2 Å². The van der Waals surface area contributed by atoms with Crippen LogP contribution < -0.4 is 5.73 Å². The zero-order valence-corrected chi connectivity index (χ0v) is 16.2. The molecule has 0 aliphatic rings. The fourth-order valence-electron chi connectivity index (χ4n) is 3.33. The molecule has 0 bridgehead atoms. The number of alkyl halides is 3. The lowest BCUT2D eigenvalue weighted by molar-refractivity contribution is -0.137. The molecule has 0 spiro atoms. The number of halogens is 5. The highest BCUT2D eigenvalue weighted by Gasteiger charge is 2.33. The van der Waals surface area contributed by atoms with Crippen molar-refractivity contribution in [3.8, 4) is 11.3 Å². The Kier molecular flexibility index (Phi) is 5.75. The molecule has 1 heterocycles. The zero-order valence-electron chi connectivity index (χ0n) is 14.7. The molecule has 3 rings (SSSR count). The number of hydrogen-bond acceptors (Lipinski definition) is 1. The molecule has 2 aromatic carbocycles. The summed E-state index contributed by atoms with van der Waals surface area (Å²) in [6.45, 7) is 2.48. The number of nitrogens with one attached hydrogen (secondary N) is 1. The van der Waals surface area contributed by atoms with Crippen LogP contribution in [0.15, 0.2) is 30.3 Å². The number of nitrogens with two attached hydrogens (primary N) is 1. The molecule has 0 unspecified atom stereocenters. The summed E-state index contributed by atoms with van der Waals surface area (Å²) in [5, 5.41) is 1.21. The highest BCUT2D eigenvalue weighted by molar-refractivity contribution is 6.32. The number of unbranched alkanes of at least 4 members (excludes halogenated alkanes) is 1. The molecule has 0 saturated heterocycles. The second kappa shape index (κ2) is 7.74. The van der Waals surface area contributed by atoms with Crippen molar-refractivity contribution in [2.75, 3.05) is 6.54 Å². The van der Waals surface area contributed by atoms with Gasteiger partial charge in [0.1, 0.15) is 0 Å². The molecule has 0 saturated carbocycles. The molecule has 3 N–H and O–H groups in total. The highest BCUT2D eigenvalue weighted by Crippen LogP contribution is 2.40. The Morgan fingerprint density at radius 3 is 2.48 bits per heavy atom. The Labute approximate surface area is 165 Å². The summed E-state index contributed by atoms with van der Waals surface area (Å²) in [5.74, 6) is 0. The molecule has 7 heteroatoms. The van der Waals surface area contributed by atoms with E-state index in [-0.39, 0.29) is 5.02 Å². The lowest BCUT2D eigenvalue weighted by Gasteiger charge is -2.12. The number of aryl methyl sites for hydroxylation is 2. The van der Waals surface area contributed by atoms with Crippen molar-refractivity contribution in [3.63, 3.8) is 0 Å². The van der Waals surface area contributed by atoms with E-state index in [1.54, 1.807) is 6.07 Å². The first kappa shape index (κ1) is 20.1. The van der Waals surface area contributed by atoms with Crippen LogP contribution in [0.3, 0.4) is 0 Å². The molecule has 0 fully saturated rings. The van der Waals surface area contributed by atoms with Crippen LogP contribution in [0, 0.1) is 6.92 Å². The SMILES string of the molecule is Cc1cc(Cl)cc2c(CCCCN)c(-c3ccc(Cl)c(C(F)(F)F)c3)[nH]c12. The van der Waals surface area contributed by atoms with Gasteiger partial charge in [-0.05, 0) is 73.7 Å². The lowest BCUT2D eigenvalue weighted by atomic mass is 9.98. The molecule has 0 aliphatic carbocycles. The van der Waals surface area contributed by atoms with Crippen molar-refractivity contribution in [1.29, 1.82) is 0 Å². The molecule has 0 radical (unpaired) electrons. The highest BCUT2D eigenvalue weighted by atomic mass is 35.5. The van der Waals surface area contributed by atoms with Crippen LogP contribution in [0.4, 0.5) is 13.2 Å². The largest absolute Gasteiger partial charge is 0.417 e. The fourth-order valence-corrected chi connectivity index (χ4v) is 3.83. The minimum atomic E-state index is -4.52. The first-order valence-corrected chi connectivity index (χ1v) is 9.36. The molecule has 1 aromatic heterocycles. The predicted octanol–water partition coefficient (Wildman–Crippen LogP) is 6.75. The van der Waals surface area contributed by atoms with Gasteiger partial charge in [-0.15, -0.1) is 0 Å². The van der Waals surface area contributed by atoms with E-state index in [2.05, 4.69) is 4.98 Å². The van der Waals surface area contributed by atoms with Crippen molar-refractivity contribution in [2.24, 2.45) is 5.73 Å². The smallest absolute Gasteiger partial charge is 0.354 e. The van der Waals surface area contributed by atoms with Gasteiger partial charge in [0.2, 0.25) is 0 Å². The van der Waals surface area contributed by atoms with Crippen LogP contribution in [-0.4, -0.2) is 11.5 Å². The first-order valence-electron chi connectivity index (χ1n) is 8.60. The van der Waals surface area contributed by atoms with Crippen LogP contribution in [0.25, 0.3) is 22.2 Å². The third-order valence-electron chi connectivity index (χ3n) is 4.62. The van der Waals surface area contributed by atoms with Crippen LogP contribution in [-0.2, 0) is 12.6 Å². The van der Waals surface area contributed by atoms with Crippen LogP contribution in [0.2, 0.25) is 10.0 Å². The number of rotatable bonds is 5. The molecule has 144 valence electrons. The maximum atomic E-state index is 13.3. The lowest BCUT2D eigenvalue weighted by Crippen LogP contribution is -2.06. The number of aromatic nitrogens is 1. The number of aromatic amines is 1. The third-order valence-corrected chi connectivity index (χ3v) is 5.17. The van der Waals surface area contributed by atoms with E-state index in [1.807, 2.05) is 19.1 Å². The van der Waals surface area contributed by atoms with Crippen LogP contribution in [0.5, 0.6) is 0 Å². The van der Waals surface area contributed by atoms with Gasteiger partial charge in [-0.1, -0.05) is 29.3 Å². The normalized spacial score (nSPS) is 12.1. The van der Waals surface area contributed by atoms with E-state index in [4.69, 9.17) is 28.9 Å². The van der Waals surface area contributed by atoms with E-state index in [0.29, 0.717) is 29.2 Å². The standard InChI is InChI=1S/C20H19Cl2F3N2/c1-11-8-13(21)10-15-14(4-2-3-7-26)19(27-18(11)15)12-5-6-17(22)16(9-12)20(23,24)25/h5-6,8-10,27H,2-4,7,26H2,1H3. The maximum absolute atomic E-state index is 13.3. The Bertz CT molecular complexity index is 977. The van der Waals surface area contributed by atoms with Crippen molar-refractivity contribution < 1.29 is 13.2 Å². The second-order valence-corrected chi connectivity index (χ2v) is 7.41. The average Bonchev–Trinajstić information content (AvgIpc) is 2.93. The number of H-pyrrole nitrogens is 1. The van der Waals surface area contributed by atoms with Gasteiger partial charge in [-0.2, -0.15) is 13.2 Å². The molecule has 3 aromatic rings. The van der Waals surface area contributed by atoms with Crippen molar-refractivity contribution in [1.82, 2.24) is 4.98 Å². The topological polar surface area (TPSA) is 41.8 Å². The molecular formula is C20H19Cl2F3N2. The Morgan fingerprint density at radius 1 is 1.07 bits per heavy atom. The van der Waals surface area contributed by atoms with Crippen molar-refractivity contribution in [3.05, 3.63) is 57.1 Å². The van der Waals surface area contributed by atoms with Crippen molar-refractivity contribution >= 4 is 34.1 Å². The first-order chi connectivity index (χ1) is 12.7. The monoisotopic (exact) mass is 414 g/mol. The molecule has 2 nitrogen and oxygen atoms in total. The van der Waals surface area contributed by atoms with Crippen molar-refractivity contribution in [2.45, 2.75) is 32.4 Å². The minimum absolute atomic E-state index is 0.314. The van der Waals surface area contributed by atoms with E-state index in [1.165, 1.54) is 6.07 Å². The van der Waals surface area contributed by atoms with Gasteiger partial charge < -0.3 is 10.7 Å². The molecule has 0 amide bonds. The predicted molar refractivity (Wildman–Crippen MR) is 105 cm³/mol. The number of benzene rings is 2. The Balaban J connectivity index is 2.21. The van der Waals surface area contributed by atoms with Crippen LogP contribution >= 0.6 is 23.2 Å². The fraction of sp³-hybridized carbons (Fsp3) is 0.300. The molecule has 0 atom stereocenters. The summed E-state index contributed by atoms with van der Waals surface area (Å²) in [4.78, 5) is 3.30. The average molecular weight is 415 g/mol. The van der Waals surface area contributed by atoms with Gasteiger partial charge >= 0.3 is 6.18 Å². The number of hydrogen-bond donors (Lipinski definition) is 2. The maximum Gasteiger partial charge on any atom is 0.417 e. The van der Waals surface area contributed by atoms with E-state index < -0.39 is 11.7 Å². The van der Waals surface area contributed by atoms with E-state index in [0.717, 1.165) is 40.9 Å². The van der Waals surface area contributed by atoms with Gasteiger partial charge in [0, 0.05) is 21.6 Å². The van der Waals surface area contributed by atoms with Gasteiger partial charge in [0.15, 0.2) is 0 Å². The summed E-state index contributed by atoms with van der Waals surface area (Å²) in [6.07, 6.45) is -2.16. The third kappa shape index (κ3) is 4.10. The summed E-state index contributed by atoms with van der Waals surface area (Å²) in [5.41, 5.74) is 8.61. The number of fused-ring (bicyclic) bond motifs is 1. The molecular weight excluding hydrogens is 396 g/mol. The van der Waals surface area contributed by atoms with Gasteiger partial charge in [-0.25, -0.2) is 0 Å². The Morgan fingerprint density at radius 2 is 1.81 bits per heavy atom. The summed E-state index contributed by atoms with van der Waals surface area (Å²) in [6, 6.07) is 7.66. The minimum Gasteiger partial charge on any atom is -0.354 e. The summed E-state index contributed by atoms with van der Waals surface area (Å²) in [7, 11) is 0. The van der Waals surface area contributed by atoms with Gasteiger partial charge in [-0.3, -0.25) is 0 Å².